The summed E-state index contributed by atoms with van der Waals surface area (Å²) < 4.78 is 18.3. The summed E-state index contributed by atoms with van der Waals surface area (Å²) in [6, 6.07) is 14.1. The van der Waals surface area contributed by atoms with E-state index in [1.807, 2.05) is 24.3 Å². The first-order valence-electron chi connectivity index (χ1n) is 9.86. The first kappa shape index (κ1) is 20.4. The van der Waals surface area contributed by atoms with Crippen LogP contribution >= 0.6 is 11.3 Å². The standard InChI is InChI=1S/C22H23FN4O2S/c1-29-19-10-6-16(7-11-19)21-25-26-22(30-21)24-20(28)17-3-2-12-27(14-17)13-15-4-8-18(23)9-5-15/h4-11,17H,2-3,12-14H2,1H3,(H,24,26,28)/t17-/m0/s1. The van der Waals surface area contributed by atoms with Crippen molar-refractivity contribution in [2.75, 3.05) is 25.5 Å². The number of methoxy groups -OCH3 is 1. The fourth-order valence-corrected chi connectivity index (χ4v) is 4.34. The summed E-state index contributed by atoms with van der Waals surface area (Å²) in [4.78, 5) is 15.0. The van der Waals surface area contributed by atoms with Crippen molar-refractivity contribution >= 4 is 22.4 Å². The highest BCUT2D eigenvalue weighted by Gasteiger charge is 2.26. The monoisotopic (exact) mass is 426 g/mol. The molecule has 4 rings (SSSR count). The molecule has 1 aliphatic heterocycles. The van der Waals surface area contributed by atoms with Gasteiger partial charge in [-0.15, -0.1) is 10.2 Å². The molecule has 1 aromatic heterocycles. The number of carbonyl (C=O) groups is 1. The fraction of sp³-hybridized carbons (Fsp3) is 0.318. The number of halogens is 1. The molecule has 0 radical (unpaired) electrons. The van der Waals surface area contributed by atoms with Crippen LogP contribution in [0.25, 0.3) is 10.6 Å². The third kappa shape index (κ3) is 5.01. The summed E-state index contributed by atoms with van der Waals surface area (Å²) in [5, 5.41) is 12.5. The number of piperidine rings is 1. The molecule has 0 aliphatic carbocycles. The molecule has 0 saturated carbocycles. The van der Waals surface area contributed by atoms with Gasteiger partial charge in [0.15, 0.2) is 0 Å². The number of rotatable bonds is 6. The lowest BCUT2D eigenvalue weighted by molar-refractivity contribution is -0.121. The van der Waals surface area contributed by atoms with Gasteiger partial charge in [-0.2, -0.15) is 0 Å². The highest BCUT2D eigenvalue weighted by molar-refractivity contribution is 7.18. The number of benzene rings is 2. The molecule has 3 aromatic rings. The third-order valence-electron chi connectivity index (χ3n) is 5.19. The van der Waals surface area contributed by atoms with Gasteiger partial charge in [0.1, 0.15) is 16.6 Å². The molecule has 0 spiro atoms. The SMILES string of the molecule is COc1ccc(-c2nnc(NC(=O)[C@H]3CCCN(Cc4ccc(F)cc4)C3)s2)cc1. The van der Waals surface area contributed by atoms with E-state index < -0.39 is 0 Å². The minimum absolute atomic E-state index is 0.0313. The van der Waals surface area contributed by atoms with E-state index in [0.29, 0.717) is 18.2 Å². The lowest BCUT2D eigenvalue weighted by Gasteiger charge is -2.31. The topological polar surface area (TPSA) is 67.4 Å². The van der Waals surface area contributed by atoms with Gasteiger partial charge in [-0.05, 0) is 61.3 Å². The van der Waals surface area contributed by atoms with E-state index in [2.05, 4.69) is 20.4 Å². The number of aromatic nitrogens is 2. The first-order valence-corrected chi connectivity index (χ1v) is 10.7. The molecule has 2 heterocycles. The molecular weight excluding hydrogens is 403 g/mol. The zero-order valence-electron chi connectivity index (χ0n) is 16.7. The van der Waals surface area contributed by atoms with Gasteiger partial charge in [-0.3, -0.25) is 9.69 Å². The normalized spacial score (nSPS) is 16.9. The Bertz CT molecular complexity index is 991. The number of amides is 1. The Balaban J connectivity index is 1.35. The van der Waals surface area contributed by atoms with Crippen molar-refractivity contribution in [2.24, 2.45) is 5.92 Å². The average Bonchev–Trinajstić information content (AvgIpc) is 3.24. The molecule has 1 aliphatic rings. The van der Waals surface area contributed by atoms with Crippen LogP contribution in [-0.2, 0) is 11.3 Å². The van der Waals surface area contributed by atoms with Crippen LogP contribution < -0.4 is 10.1 Å². The Labute approximate surface area is 178 Å². The summed E-state index contributed by atoms with van der Waals surface area (Å²) in [5.74, 6) is 0.406. The molecule has 1 N–H and O–H groups in total. The molecule has 1 fully saturated rings. The van der Waals surface area contributed by atoms with Gasteiger partial charge in [0.2, 0.25) is 11.0 Å². The molecule has 0 unspecified atom stereocenters. The van der Waals surface area contributed by atoms with Crippen molar-refractivity contribution in [3.63, 3.8) is 0 Å². The number of carbonyl (C=O) groups excluding carboxylic acids is 1. The number of nitrogens with one attached hydrogen (secondary N) is 1. The van der Waals surface area contributed by atoms with E-state index in [1.165, 1.54) is 23.5 Å². The molecule has 2 aromatic carbocycles. The molecule has 1 saturated heterocycles. The molecule has 156 valence electrons. The van der Waals surface area contributed by atoms with Crippen LogP contribution in [0.2, 0.25) is 0 Å². The highest BCUT2D eigenvalue weighted by Crippen LogP contribution is 2.28. The third-order valence-corrected chi connectivity index (χ3v) is 6.08. The van der Waals surface area contributed by atoms with Crippen LogP contribution in [0.1, 0.15) is 18.4 Å². The predicted molar refractivity (Wildman–Crippen MR) is 115 cm³/mol. The number of hydrogen-bond donors (Lipinski definition) is 1. The van der Waals surface area contributed by atoms with Crippen LogP contribution in [0.5, 0.6) is 5.75 Å². The van der Waals surface area contributed by atoms with E-state index in [9.17, 15) is 9.18 Å². The number of ether oxygens (including phenoxy) is 1. The second kappa shape index (κ2) is 9.32. The van der Waals surface area contributed by atoms with Gasteiger partial charge in [0.05, 0.1) is 13.0 Å². The van der Waals surface area contributed by atoms with Gasteiger partial charge >= 0.3 is 0 Å². The Hall–Kier alpha value is -2.84. The summed E-state index contributed by atoms with van der Waals surface area (Å²) in [6.07, 6.45) is 1.79. The molecule has 8 heteroatoms. The zero-order chi connectivity index (χ0) is 20.9. The minimum atomic E-state index is -0.235. The van der Waals surface area contributed by atoms with Crippen LogP contribution in [0.4, 0.5) is 9.52 Å². The molecule has 1 amide bonds. The Kier molecular flexibility index (Phi) is 6.35. The van der Waals surface area contributed by atoms with E-state index in [1.54, 1.807) is 19.2 Å². The second-order valence-electron chi connectivity index (χ2n) is 7.33. The Morgan fingerprint density at radius 1 is 1.20 bits per heavy atom. The highest BCUT2D eigenvalue weighted by atomic mass is 32.1. The van der Waals surface area contributed by atoms with Crippen molar-refractivity contribution < 1.29 is 13.9 Å². The maximum Gasteiger partial charge on any atom is 0.230 e. The molecule has 30 heavy (non-hydrogen) atoms. The van der Waals surface area contributed by atoms with Crippen molar-refractivity contribution in [3.05, 3.63) is 59.9 Å². The lowest BCUT2D eigenvalue weighted by Crippen LogP contribution is -2.40. The summed E-state index contributed by atoms with van der Waals surface area (Å²) in [7, 11) is 1.62. The van der Waals surface area contributed by atoms with Crippen molar-refractivity contribution in [2.45, 2.75) is 19.4 Å². The van der Waals surface area contributed by atoms with E-state index in [0.717, 1.165) is 41.3 Å². The average molecular weight is 427 g/mol. The second-order valence-corrected chi connectivity index (χ2v) is 8.31. The van der Waals surface area contributed by atoms with E-state index >= 15 is 0 Å². The van der Waals surface area contributed by atoms with Gasteiger partial charge in [-0.1, -0.05) is 23.5 Å². The Morgan fingerprint density at radius 2 is 1.97 bits per heavy atom. The van der Waals surface area contributed by atoms with Crippen LogP contribution in [-0.4, -0.2) is 41.2 Å². The molecule has 1 atom stereocenters. The number of likely N-dealkylation sites (tertiary alicyclic amines) is 1. The van der Waals surface area contributed by atoms with Gasteiger partial charge in [0, 0.05) is 18.7 Å². The smallest absolute Gasteiger partial charge is 0.230 e. The van der Waals surface area contributed by atoms with E-state index in [-0.39, 0.29) is 17.6 Å². The van der Waals surface area contributed by atoms with Crippen molar-refractivity contribution in [1.82, 2.24) is 15.1 Å². The number of nitrogens with zero attached hydrogens (tertiary/aromatic N) is 3. The fourth-order valence-electron chi connectivity index (χ4n) is 3.59. The van der Waals surface area contributed by atoms with Crippen LogP contribution in [0.15, 0.2) is 48.5 Å². The molecule has 0 bridgehead atoms. The largest absolute Gasteiger partial charge is 0.497 e. The first-order chi connectivity index (χ1) is 14.6. The minimum Gasteiger partial charge on any atom is -0.497 e. The van der Waals surface area contributed by atoms with Gasteiger partial charge in [-0.25, -0.2) is 4.39 Å². The quantitative estimate of drug-likeness (QED) is 0.640. The Morgan fingerprint density at radius 3 is 2.70 bits per heavy atom. The van der Waals surface area contributed by atoms with Crippen molar-refractivity contribution in [3.8, 4) is 16.3 Å². The number of anilines is 1. The summed E-state index contributed by atoms with van der Waals surface area (Å²) in [5.41, 5.74) is 1.97. The van der Waals surface area contributed by atoms with E-state index in [4.69, 9.17) is 4.74 Å². The molecular formula is C22H23FN4O2S. The lowest BCUT2D eigenvalue weighted by atomic mass is 9.97. The zero-order valence-corrected chi connectivity index (χ0v) is 17.5. The van der Waals surface area contributed by atoms with Crippen molar-refractivity contribution in [1.29, 1.82) is 0 Å². The summed E-state index contributed by atoms with van der Waals surface area (Å²) >= 11 is 1.35. The maximum absolute atomic E-state index is 13.1. The predicted octanol–water partition coefficient (Wildman–Crippen LogP) is 4.20. The van der Waals surface area contributed by atoms with Crippen LogP contribution in [0, 0.1) is 11.7 Å². The van der Waals surface area contributed by atoms with Gasteiger partial charge in [0.25, 0.3) is 0 Å². The molecule has 6 nitrogen and oxygen atoms in total. The summed E-state index contributed by atoms with van der Waals surface area (Å²) in [6.45, 7) is 2.32. The van der Waals surface area contributed by atoms with Crippen LogP contribution in [0.3, 0.4) is 0 Å². The number of hydrogen-bond acceptors (Lipinski definition) is 6. The maximum atomic E-state index is 13.1. The van der Waals surface area contributed by atoms with Gasteiger partial charge < -0.3 is 10.1 Å².